The molecule has 14 heavy (non-hydrogen) atoms. The lowest BCUT2D eigenvalue weighted by Crippen LogP contribution is -2.40. The first-order valence-electron chi connectivity index (χ1n) is 5.64. The number of thioether (sulfide) groups is 1. The topological polar surface area (TPSA) is 32.3 Å². The van der Waals surface area contributed by atoms with Crippen LogP contribution in [-0.4, -0.2) is 35.8 Å². The van der Waals surface area contributed by atoms with Gasteiger partial charge in [0.2, 0.25) is 0 Å². The van der Waals surface area contributed by atoms with Crippen molar-refractivity contribution >= 4 is 11.8 Å². The van der Waals surface area contributed by atoms with Gasteiger partial charge in [0.05, 0.1) is 6.61 Å². The third-order valence-corrected chi connectivity index (χ3v) is 3.14. The second kappa shape index (κ2) is 9.81. The number of hydrogen-bond donors (Lipinski definition) is 2. The molecule has 0 amide bonds. The normalized spacial score (nSPS) is 15.4. The van der Waals surface area contributed by atoms with E-state index in [9.17, 15) is 5.11 Å². The minimum atomic E-state index is 0.265. The fourth-order valence-corrected chi connectivity index (χ4v) is 2.09. The maximum atomic E-state index is 9.19. The quantitative estimate of drug-likeness (QED) is 0.624. The summed E-state index contributed by atoms with van der Waals surface area (Å²) in [5.74, 6) is 1.13. The molecule has 0 aromatic carbocycles. The fourth-order valence-electron chi connectivity index (χ4n) is 1.57. The first kappa shape index (κ1) is 14.3. The monoisotopic (exact) mass is 219 g/mol. The van der Waals surface area contributed by atoms with E-state index >= 15 is 0 Å². The molecule has 0 saturated heterocycles. The average Bonchev–Trinajstić information content (AvgIpc) is 2.22. The lowest BCUT2D eigenvalue weighted by Gasteiger charge is -2.23. The molecular weight excluding hydrogens is 194 g/mol. The molecule has 0 aliphatic heterocycles. The summed E-state index contributed by atoms with van der Waals surface area (Å²) in [7, 11) is 0. The average molecular weight is 219 g/mol. The minimum absolute atomic E-state index is 0.265. The number of aliphatic hydroxyl groups is 1. The van der Waals surface area contributed by atoms with Crippen LogP contribution < -0.4 is 5.32 Å². The summed E-state index contributed by atoms with van der Waals surface area (Å²) in [4.78, 5) is 0. The summed E-state index contributed by atoms with van der Waals surface area (Å²) < 4.78 is 0. The summed E-state index contributed by atoms with van der Waals surface area (Å²) in [6.45, 7) is 4.68. The molecule has 0 aliphatic rings. The van der Waals surface area contributed by atoms with Crippen LogP contribution in [0.3, 0.4) is 0 Å². The Morgan fingerprint density at radius 3 is 2.36 bits per heavy atom. The van der Waals surface area contributed by atoms with E-state index in [0.29, 0.717) is 12.1 Å². The second-order valence-electron chi connectivity index (χ2n) is 3.72. The number of rotatable bonds is 9. The lowest BCUT2D eigenvalue weighted by molar-refractivity contribution is 0.224. The van der Waals surface area contributed by atoms with Gasteiger partial charge in [0.25, 0.3) is 0 Å². The fraction of sp³-hybridized carbons (Fsp3) is 1.00. The Bertz CT molecular complexity index is 122. The highest BCUT2D eigenvalue weighted by Crippen LogP contribution is 2.06. The molecule has 0 fully saturated rings. The molecule has 0 saturated carbocycles. The van der Waals surface area contributed by atoms with Crippen molar-refractivity contribution in [3.8, 4) is 0 Å². The van der Waals surface area contributed by atoms with Gasteiger partial charge in [-0.25, -0.2) is 0 Å². The van der Waals surface area contributed by atoms with Crippen molar-refractivity contribution in [2.45, 2.75) is 51.6 Å². The SMILES string of the molecule is CCCC(CC)NC(CO)CCSC. The second-order valence-corrected chi connectivity index (χ2v) is 4.71. The Hall–Kier alpha value is 0.270. The predicted molar refractivity (Wildman–Crippen MR) is 66.0 cm³/mol. The smallest absolute Gasteiger partial charge is 0.0585 e. The Morgan fingerprint density at radius 2 is 1.93 bits per heavy atom. The van der Waals surface area contributed by atoms with Crippen LogP contribution in [0.15, 0.2) is 0 Å². The summed E-state index contributed by atoms with van der Waals surface area (Å²) in [6.07, 6.45) is 6.76. The van der Waals surface area contributed by atoms with Gasteiger partial charge in [-0.15, -0.1) is 0 Å². The van der Waals surface area contributed by atoms with Gasteiger partial charge in [-0.2, -0.15) is 11.8 Å². The van der Waals surface area contributed by atoms with Crippen LogP contribution in [-0.2, 0) is 0 Å². The molecule has 0 aliphatic carbocycles. The molecule has 2 N–H and O–H groups in total. The molecule has 3 heteroatoms. The Morgan fingerprint density at radius 1 is 1.21 bits per heavy atom. The number of nitrogens with one attached hydrogen (secondary N) is 1. The molecule has 2 unspecified atom stereocenters. The van der Waals surface area contributed by atoms with Crippen molar-refractivity contribution in [1.29, 1.82) is 0 Å². The van der Waals surface area contributed by atoms with Crippen molar-refractivity contribution in [3.63, 3.8) is 0 Å². The third kappa shape index (κ3) is 6.68. The van der Waals surface area contributed by atoms with Crippen molar-refractivity contribution < 1.29 is 5.11 Å². The number of aliphatic hydroxyl groups excluding tert-OH is 1. The molecular formula is C11H25NOS. The molecule has 0 aromatic rings. The van der Waals surface area contributed by atoms with E-state index in [1.807, 2.05) is 11.8 Å². The van der Waals surface area contributed by atoms with Crippen LogP contribution in [0.1, 0.15) is 39.5 Å². The van der Waals surface area contributed by atoms with Crippen LogP contribution in [0.2, 0.25) is 0 Å². The summed E-state index contributed by atoms with van der Waals surface area (Å²) >= 11 is 1.84. The van der Waals surface area contributed by atoms with Crippen LogP contribution >= 0.6 is 11.8 Å². The Kier molecular flexibility index (Phi) is 10.0. The molecule has 2 nitrogen and oxygen atoms in total. The molecule has 0 rings (SSSR count). The zero-order valence-corrected chi connectivity index (χ0v) is 10.6. The van der Waals surface area contributed by atoms with E-state index in [0.717, 1.165) is 18.6 Å². The zero-order valence-electron chi connectivity index (χ0n) is 9.75. The van der Waals surface area contributed by atoms with Crippen LogP contribution in [0.4, 0.5) is 0 Å². The highest BCUT2D eigenvalue weighted by atomic mass is 32.2. The molecule has 0 bridgehead atoms. The largest absolute Gasteiger partial charge is 0.395 e. The van der Waals surface area contributed by atoms with Gasteiger partial charge in [-0.3, -0.25) is 0 Å². The Labute approximate surface area is 92.9 Å². The summed E-state index contributed by atoms with van der Waals surface area (Å²) in [6, 6.07) is 0.873. The third-order valence-electron chi connectivity index (χ3n) is 2.49. The van der Waals surface area contributed by atoms with E-state index < -0.39 is 0 Å². The van der Waals surface area contributed by atoms with Crippen LogP contribution in [0.25, 0.3) is 0 Å². The molecule has 0 radical (unpaired) electrons. The lowest BCUT2D eigenvalue weighted by atomic mass is 10.1. The summed E-state index contributed by atoms with van der Waals surface area (Å²) in [5, 5.41) is 12.7. The van der Waals surface area contributed by atoms with Crippen molar-refractivity contribution in [1.82, 2.24) is 5.32 Å². The molecule has 86 valence electrons. The van der Waals surface area contributed by atoms with E-state index in [4.69, 9.17) is 0 Å². The minimum Gasteiger partial charge on any atom is -0.395 e. The maximum absolute atomic E-state index is 9.19. The van der Waals surface area contributed by atoms with E-state index in [2.05, 4.69) is 25.4 Å². The predicted octanol–water partition coefficient (Wildman–Crippen LogP) is 2.27. The van der Waals surface area contributed by atoms with E-state index in [1.165, 1.54) is 12.8 Å². The highest BCUT2D eigenvalue weighted by Gasteiger charge is 2.11. The number of hydrogen-bond acceptors (Lipinski definition) is 3. The first-order valence-corrected chi connectivity index (χ1v) is 7.03. The standard InChI is InChI=1S/C11H25NOS/c1-4-6-10(5-2)12-11(9-13)7-8-14-3/h10-13H,4-9H2,1-3H3. The molecule has 2 atom stereocenters. The van der Waals surface area contributed by atoms with Gasteiger partial charge in [0.15, 0.2) is 0 Å². The van der Waals surface area contributed by atoms with Crippen molar-refractivity contribution in [2.24, 2.45) is 0 Å². The van der Waals surface area contributed by atoms with Crippen LogP contribution in [0, 0.1) is 0 Å². The maximum Gasteiger partial charge on any atom is 0.0585 e. The summed E-state index contributed by atoms with van der Waals surface area (Å²) in [5.41, 5.74) is 0. The highest BCUT2D eigenvalue weighted by molar-refractivity contribution is 7.98. The van der Waals surface area contributed by atoms with Crippen molar-refractivity contribution in [3.05, 3.63) is 0 Å². The molecule has 0 aromatic heterocycles. The van der Waals surface area contributed by atoms with Crippen LogP contribution in [0.5, 0.6) is 0 Å². The van der Waals surface area contributed by atoms with E-state index in [1.54, 1.807) is 0 Å². The van der Waals surface area contributed by atoms with Gasteiger partial charge < -0.3 is 10.4 Å². The zero-order chi connectivity index (χ0) is 10.8. The first-order chi connectivity index (χ1) is 6.78. The van der Waals surface area contributed by atoms with Gasteiger partial charge >= 0.3 is 0 Å². The van der Waals surface area contributed by atoms with Gasteiger partial charge in [-0.1, -0.05) is 20.3 Å². The van der Waals surface area contributed by atoms with Gasteiger partial charge in [0.1, 0.15) is 0 Å². The Balaban J connectivity index is 3.75. The van der Waals surface area contributed by atoms with Gasteiger partial charge in [-0.05, 0) is 31.3 Å². The van der Waals surface area contributed by atoms with Crippen molar-refractivity contribution in [2.75, 3.05) is 18.6 Å². The van der Waals surface area contributed by atoms with E-state index in [-0.39, 0.29) is 6.61 Å². The van der Waals surface area contributed by atoms with Gasteiger partial charge in [0, 0.05) is 12.1 Å². The molecule has 0 spiro atoms. The molecule has 0 heterocycles.